The van der Waals surface area contributed by atoms with Crippen LogP contribution in [-0.2, 0) is 0 Å². The molecule has 0 heteroatoms. The van der Waals surface area contributed by atoms with Crippen LogP contribution in [-0.4, -0.2) is 0 Å². The summed E-state index contributed by atoms with van der Waals surface area (Å²) in [5.74, 6) is 0. The Labute approximate surface area is 249 Å². The Bertz CT molecular complexity index is 2710. The van der Waals surface area contributed by atoms with Gasteiger partial charge in [-0.2, -0.15) is 0 Å². The van der Waals surface area contributed by atoms with E-state index >= 15 is 0 Å². The fraction of sp³-hybridized carbons (Fsp3) is 0. The van der Waals surface area contributed by atoms with Gasteiger partial charge in [-0.05, 0) is 111 Å². The van der Waals surface area contributed by atoms with Gasteiger partial charge in [0.05, 0.1) is 5.48 Å². The van der Waals surface area contributed by atoms with Gasteiger partial charge in [0.2, 0.25) is 0 Å². The van der Waals surface area contributed by atoms with Gasteiger partial charge in [0.15, 0.2) is 0 Å². The van der Waals surface area contributed by atoms with E-state index in [4.69, 9.17) is 0 Å². The Morgan fingerprint density at radius 1 is 0.286 bits per heavy atom. The van der Waals surface area contributed by atoms with Gasteiger partial charge in [0.25, 0.3) is 0 Å². The Morgan fingerprint density at radius 2 is 0.786 bits per heavy atom. The van der Waals surface area contributed by atoms with Gasteiger partial charge in [0.1, 0.15) is 0 Å². The van der Waals surface area contributed by atoms with E-state index in [2.05, 4.69) is 78.9 Å². The molecular formula is C42H26. The Kier molecular flexibility index (Phi) is 4.21. The van der Waals surface area contributed by atoms with Gasteiger partial charge in [-0.1, -0.05) is 133 Å². The summed E-state index contributed by atoms with van der Waals surface area (Å²) in [5, 5.41) is 13.0. The highest BCUT2D eigenvalue weighted by Crippen LogP contribution is 2.39. The molecule has 9 aromatic carbocycles. The summed E-state index contributed by atoms with van der Waals surface area (Å²) in [6.45, 7) is 0. The lowest BCUT2D eigenvalue weighted by atomic mass is 9.90. The summed E-state index contributed by atoms with van der Waals surface area (Å²) in [7, 11) is 0. The Balaban J connectivity index is 1.27. The maximum absolute atomic E-state index is 9.26. The second kappa shape index (κ2) is 9.03. The number of hydrogen-bond acceptors (Lipinski definition) is 0. The van der Waals surface area contributed by atoms with Crippen LogP contribution in [0.5, 0.6) is 0 Å². The topological polar surface area (TPSA) is 0 Å². The third-order valence-electron chi connectivity index (χ3n) is 8.65. The number of hydrogen-bond donors (Lipinski definition) is 0. The predicted molar refractivity (Wildman–Crippen MR) is 182 cm³/mol. The molecule has 0 spiro atoms. The van der Waals surface area contributed by atoms with Crippen molar-refractivity contribution in [1.29, 1.82) is 0 Å². The average Bonchev–Trinajstić information content (AvgIpc) is 3.10. The van der Waals surface area contributed by atoms with Crippen molar-refractivity contribution < 1.29 is 5.48 Å². The highest BCUT2D eigenvalue weighted by molar-refractivity contribution is 6.18. The number of fused-ring (bicyclic) bond motifs is 9. The molecule has 42 heavy (non-hydrogen) atoms. The molecule has 0 aromatic heterocycles. The van der Waals surface area contributed by atoms with E-state index in [0.717, 1.165) is 48.5 Å². The monoisotopic (exact) mass is 534 g/mol. The van der Waals surface area contributed by atoms with Crippen LogP contribution in [0.3, 0.4) is 0 Å². The standard InChI is InChI=1S/C42H26/c1-2-9-31-25-42-40(26-33-10-4-6-12-36(33)41(42)24-30(31)8-1)29-15-13-27(14-16-29)32-18-20-37-34(23-32)19-22-38-35-11-5-3-7-28(35)17-21-39(37)38/h1-26H/i13D,14D,15D,16D. The van der Waals surface area contributed by atoms with Crippen molar-refractivity contribution in [2.75, 3.05) is 0 Å². The second-order valence-corrected chi connectivity index (χ2v) is 11.0. The second-order valence-electron chi connectivity index (χ2n) is 11.0. The van der Waals surface area contributed by atoms with Gasteiger partial charge < -0.3 is 0 Å². The molecular weight excluding hydrogens is 504 g/mol. The van der Waals surface area contributed by atoms with Gasteiger partial charge in [0, 0.05) is 0 Å². The molecule has 0 N–H and O–H groups in total. The number of rotatable bonds is 2. The first kappa shape index (κ1) is 19.6. The van der Waals surface area contributed by atoms with Gasteiger partial charge >= 0.3 is 0 Å². The van der Waals surface area contributed by atoms with Gasteiger partial charge in [-0.3, -0.25) is 0 Å². The van der Waals surface area contributed by atoms with Crippen molar-refractivity contribution in [2.24, 2.45) is 0 Å². The number of benzene rings is 9. The largest absolute Gasteiger partial charge is 0.0629 e. The van der Waals surface area contributed by atoms with Crippen LogP contribution in [0, 0.1) is 0 Å². The molecule has 0 amide bonds. The van der Waals surface area contributed by atoms with E-state index < -0.39 is 0 Å². The van der Waals surface area contributed by atoms with Crippen LogP contribution in [0.1, 0.15) is 5.48 Å². The van der Waals surface area contributed by atoms with Gasteiger partial charge in [-0.15, -0.1) is 0 Å². The molecule has 194 valence electrons. The van der Waals surface area contributed by atoms with Gasteiger partial charge in [-0.25, -0.2) is 0 Å². The third-order valence-corrected chi connectivity index (χ3v) is 8.65. The van der Waals surface area contributed by atoms with E-state index in [1.54, 1.807) is 0 Å². The summed E-state index contributed by atoms with van der Waals surface area (Å²) in [6.07, 6.45) is 0. The van der Waals surface area contributed by atoms with E-state index in [1.165, 1.54) is 16.2 Å². The molecule has 0 unspecified atom stereocenters. The van der Waals surface area contributed by atoms with Crippen LogP contribution in [0.25, 0.3) is 86.9 Å². The quantitative estimate of drug-likeness (QED) is 0.153. The van der Waals surface area contributed by atoms with Crippen molar-refractivity contribution in [1.82, 2.24) is 0 Å². The van der Waals surface area contributed by atoms with Crippen LogP contribution < -0.4 is 0 Å². The van der Waals surface area contributed by atoms with Crippen molar-refractivity contribution >= 4 is 64.6 Å². The van der Waals surface area contributed by atoms with Crippen LogP contribution >= 0.6 is 0 Å². The van der Waals surface area contributed by atoms with E-state index in [9.17, 15) is 5.48 Å². The highest BCUT2D eigenvalue weighted by atomic mass is 14.1. The summed E-state index contributed by atoms with van der Waals surface area (Å²) >= 11 is 0. The van der Waals surface area contributed by atoms with Crippen molar-refractivity contribution in [3.8, 4) is 22.3 Å². The van der Waals surface area contributed by atoms with Crippen molar-refractivity contribution in [2.45, 2.75) is 0 Å². The lowest BCUT2D eigenvalue weighted by molar-refractivity contribution is 1.63. The molecule has 0 nitrogen and oxygen atoms in total. The minimum Gasteiger partial charge on any atom is -0.0616 e. The first-order chi connectivity index (χ1) is 22.5. The summed E-state index contributed by atoms with van der Waals surface area (Å²) in [4.78, 5) is 0. The zero-order valence-electron chi connectivity index (χ0n) is 26.7. The van der Waals surface area contributed by atoms with Crippen molar-refractivity contribution in [3.63, 3.8) is 0 Å². The Morgan fingerprint density at radius 3 is 1.52 bits per heavy atom. The molecule has 0 aliphatic carbocycles. The van der Waals surface area contributed by atoms with Crippen molar-refractivity contribution in [3.05, 3.63) is 158 Å². The molecule has 9 rings (SSSR count). The highest BCUT2D eigenvalue weighted by Gasteiger charge is 2.11. The van der Waals surface area contributed by atoms with Crippen LogP contribution in [0.4, 0.5) is 0 Å². The van der Waals surface area contributed by atoms with Crippen LogP contribution in [0.15, 0.2) is 158 Å². The molecule has 0 saturated heterocycles. The smallest absolute Gasteiger partial charge is 0.0616 e. The molecule has 0 fully saturated rings. The molecule has 0 atom stereocenters. The fourth-order valence-electron chi connectivity index (χ4n) is 6.57. The van der Waals surface area contributed by atoms with E-state index in [-0.39, 0.29) is 24.2 Å². The van der Waals surface area contributed by atoms with E-state index in [1.807, 2.05) is 54.6 Å². The first-order valence-electron chi connectivity index (χ1n) is 16.3. The molecule has 0 heterocycles. The first-order valence-corrected chi connectivity index (χ1v) is 14.3. The normalized spacial score (nSPS) is 13.1. The lowest BCUT2D eigenvalue weighted by Crippen LogP contribution is -1.87. The minimum atomic E-state index is -0.0377. The minimum absolute atomic E-state index is 0.0363. The summed E-state index contributed by atoms with van der Waals surface area (Å²) in [6, 6.07) is 45.4. The van der Waals surface area contributed by atoms with E-state index in [0.29, 0.717) is 22.3 Å². The SMILES string of the molecule is [2H]c1c([2H])c(-c2cc3ccccc3c3cc4ccccc4cc23)c([2H])c([2H])c1-c1ccc2c(ccc3c4ccccc4ccc23)c1. The Hall–Kier alpha value is -5.46. The van der Waals surface area contributed by atoms with Crippen LogP contribution in [0.2, 0.25) is 0 Å². The maximum atomic E-state index is 9.26. The summed E-state index contributed by atoms with van der Waals surface area (Å²) < 4.78 is 36.9. The molecule has 9 aromatic rings. The molecule has 0 bridgehead atoms. The predicted octanol–water partition coefficient (Wildman–Crippen LogP) is 11.9. The molecule has 0 aliphatic heterocycles. The molecule has 0 saturated carbocycles. The zero-order valence-corrected chi connectivity index (χ0v) is 22.7. The molecule has 0 radical (unpaired) electrons. The average molecular weight is 535 g/mol. The molecule has 0 aliphatic rings. The lowest BCUT2D eigenvalue weighted by Gasteiger charge is -2.13. The summed E-state index contributed by atoms with van der Waals surface area (Å²) in [5.41, 5.74) is 2.02. The fourth-order valence-corrected chi connectivity index (χ4v) is 6.57. The zero-order chi connectivity index (χ0) is 31.1. The third kappa shape index (κ3) is 3.56. The maximum Gasteiger partial charge on any atom is 0.0629 e.